The van der Waals surface area contributed by atoms with Crippen molar-refractivity contribution in [2.45, 2.75) is 25.8 Å². The summed E-state index contributed by atoms with van der Waals surface area (Å²) in [5.74, 6) is -0.116. The van der Waals surface area contributed by atoms with E-state index in [-0.39, 0.29) is 11.8 Å². The van der Waals surface area contributed by atoms with Crippen LogP contribution in [0.1, 0.15) is 36.1 Å². The Morgan fingerprint density at radius 3 is 1.96 bits per heavy atom. The molecule has 0 bridgehead atoms. The van der Waals surface area contributed by atoms with Crippen LogP contribution >= 0.6 is 0 Å². The van der Waals surface area contributed by atoms with Crippen LogP contribution in [0.2, 0.25) is 0 Å². The molecule has 0 aliphatic carbocycles. The lowest BCUT2D eigenvalue weighted by molar-refractivity contribution is -0.132. The van der Waals surface area contributed by atoms with Crippen molar-refractivity contribution in [1.82, 2.24) is 9.47 Å². The Balaban J connectivity index is 1.95. The van der Waals surface area contributed by atoms with E-state index in [2.05, 4.69) is 17.6 Å². The first-order valence-corrected chi connectivity index (χ1v) is 9.19. The summed E-state index contributed by atoms with van der Waals surface area (Å²) in [5.41, 5.74) is 3.22. The number of carbonyl (C=O) groups excluding carboxylic acids is 1. The van der Waals surface area contributed by atoms with E-state index in [1.54, 1.807) is 0 Å². The first-order chi connectivity index (χ1) is 12.7. The smallest absolute Gasteiger partial charge is 0.234 e. The molecular weight excluding hydrogens is 320 g/mol. The molecule has 26 heavy (non-hydrogen) atoms. The highest BCUT2D eigenvalue weighted by Crippen LogP contribution is 2.27. The monoisotopic (exact) mass is 346 g/mol. The molecule has 0 N–H and O–H groups in total. The van der Waals surface area contributed by atoms with Crippen LogP contribution < -0.4 is 0 Å². The van der Waals surface area contributed by atoms with E-state index in [9.17, 15) is 4.79 Å². The summed E-state index contributed by atoms with van der Waals surface area (Å²) in [6.07, 6.45) is 2.96. The number of hydrogen-bond donors (Lipinski definition) is 0. The fourth-order valence-electron chi connectivity index (χ4n) is 3.34. The van der Waals surface area contributed by atoms with Gasteiger partial charge >= 0.3 is 0 Å². The van der Waals surface area contributed by atoms with E-state index >= 15 is 0 Å². The fraction of sp³-hybridized carbons (Fsp3) is 0.261. The third kappa shape index (κ3) is 4.05. The lowest BCUT2D eigenvalue weighted by Crippen LogP contribution is -2.36. The molecule has 1 heterocycles. The number of aryl methyl sites for hydroxylation is 1. The van der Waals surface area contributed by atoms with E-state index < -0.39 is 0 Å². The van der Waals surface area contributed by atoms with Gasteiger partial charge in [0.1, 0.15) is 0 Å². The third-order valence-corrected chi connectivity index (χ3v) is 4.72. The largest absolute Gasteiger partial charge is 0.353 e. The second-order valence-electron chi connectivity index (χ2n) is 6.62. The summed E-state index contributed by atoms with van der Waals surface area (Å²) >= 11 is 0. The van der Waals surface area contributed by atoms with Gasteiger partial charge < -0.3 is 9.47 Å². The molecule has 0 spiro atoms. The average Bonchev–Trinajstić information content (AvgIpc) is 3.08. The number of carbonyl (C=O) groups is 1. The summed E-state index contributed by atoms with van der Waals surface area (Å²) in [6, 6.07) is 24.3. The van der Waals surface area contributed by atoms with Crippen molar-refractivity contribution < 1.29 is 4.79 Å². The molecule has 134 valence electrons. The Bertz CT molecular complexity index is 784. The van der Waals surface area contributed by atoms with Gasteiger partial charge in [0.25, 0.3) is 0 Å². The molecule has 3 heteroatoms. The fourth-order valence-corrected chi connectivity index (χ4v) is 3.34. The summed E-state index contributed by atoms with van der Waals surface area (Å²) in [7, 11) is 2.02. The molecule has 3 rings (SSSR count). The van der Waals surface area contributed by atoms with Crippen molar-refractivity contribution in [3.63, 3.8) is 0 Å². The first kappa shape index (κ1) is 18.0. The molecular formula is C23H26N2O. The number of hydrogen-bond acceptors (Lipinski definition) is 1. The lowest BCUT2D eigenvalue weighted by Gasteiger charge is -2.28. The third-order valence-electron chi connectivity index (χ3n) is 4.72. The molecule has 0 saturated heterocycles. The van der Waals surface area contributed by atoms with Gasteiger partial charge in [-0.15, -0.1) is 0 Å². The van der Waals surface area contributed by atoms with Crippen LogP contribution in [-0.2, 0) is 18.4 Å². The Kier molecular flexibility index (Phi) is 5.90. The Morgan fingerprint density at radius 2 is 1.50 bits per heavy atom. The predicted octanol–water partition coefficient (Wildman–Crippen LogP) is 4.60. The van der Waals surface area contributed by atoms with Crippen LogP contribution in [0.15, 0.2) is 79.0 Å². The van der Waals surface area contributed by atoms with E-state index in [1.807, 2.05) is 84.9 Å². The van der Waals surface area contributed by atoms with Crippen LogP contribution in [0.3, 0.4) is 0 Å². The van der Waals surface area contributed by atoms with Crippen molar-refractivity contribution >= 4 is 5.91 Å². The van der Waals surface area contributed by atoms with Gasteiger partial charge in [-0.3, -0.25) is 4.79 Å². The van der Waals surface area contributed by atoms with Crippen molar-refractivity contribution in [3.8, 4) is 0 Å². The van der Waals surface area contributed by atoms with Gasteiger partial charge in [0.05, 0.1) is 12.5 Å². The Hall–Kier alpha value is -2.81. The highest BCUT2D eigenvalue weighted by molar-refractivity contribution is 5.87. The number of rotatable bonds is 7. The Morgan fingerprint density at radius 1 is 0.923 bits per heavy atom. The molecule has 0 unspecified atom stereocenters. The quantitative estimate of drug-likeness (QED) is 0.614. The predicted molar refractivity (Wildman–Crippen MR) is 106 cm³/mol. The van der Waals surface area contributed by atoms with Crippen LogP contribution in [0.4, 0.5) is 0 Å². The number of amides is 1. The molecule has 2 aromatic carbocycles. The molecule has 0 saturated carbocycles. The normalized spacial score (nSPS) is 10.9. The highest BCUT2D eigenvalue weighted by Gasteiger charge is 2.27. The van der Waals surface area contributed by atoms with Gasteiger partial charge in [-0.25, -0.2) is 0 Å². The summed E-state index contributed by atoms with van der Waals surface area (Å²) in [5, 5.41) is 0. The van der Waals surface area contributed by atoms with Crippen LogP contribution in [0.5, 0.6) is 0 Å². The molecule has 0 fully saturated rings. The zero-order valence-electron chi connectivity index (χ0n) is 15.5. The van der Waals surface area contributed by atoms with Crippen molar-refractivity contribution in [2.24, 2.45) is 7.05 Å². The van der Waals surface area contributed by atoms with Gasteiger partial charge in [-0.05, 0) is 29.7 Å². The average molecular weight is 346 g/mol. The van der Waals surface area contributed by atoms with Gasteiger partial charge in [0.2, 0.25) is 5.91 Å². The summed E-state index contributed by atoms with van der Waals surface area (Å²) in [4.78, 5) is 15.6. The lowest BCUT2D eigenvalue weighted by atomic mass is 9.90. The molecule has 0 aliphatic rings. The minimum Gasteiger partial charge on any atom is -0.353 e. The van der Waals surface area contributed by atoms with Gasteiger partial charge in [0.15, 0.2) is 0 Å². The summed E-state index contributed by atoms with van der Waals surface area (Å²) in [6.45, 7) is 3.50. The number of aromatic nitrogens is 1. The number of benzene rings is 2. The van der Waals surface area contributed by atoms with Crippen LogP contribution in [0.25, 0.3) is 0 Å². The molecule has 0 atom stereocenters. The second kappa shape index (κ2) is 8.52. The topological polar surface area (TPSA) is 25.2 Å². The zero-order valence-corrected chi connectivity index (χ0v) is 15.5. The van der Waals surface area contributed by atoms with E-state index in [4.69, 9.17) is 0 Å². The first-order valence-electron chi connectivity index (χ1n) is 9.19. The minimum atomic E-state index is -0.274. The second-order valence-corrected chi connectivity index (χ2v) is 6.62. The maximum Gasteiger partial charge on any atom is 0.234 e. The number of nitrogens with zero attached hydrogens (tertiary/aromatic N) is 2. The highest BCUT2D eigenvalue weighted by atomic mass is 16.2. The minimum absolute atomic E-state index is 0.158. The molecule has 1 aromatic heterocycles. The van der Waals surface area contributed by atoms with E-state index in [0.717, 1.165) is 29.8 Å². The van der Waals surface area contributed by atoms with Crippen LogP contribution in [-0.4, -0.2) is 21.9 Å². The molecule has 3 aromatic rings. The zero-order chi connectivity index (χ0) is 18.4. The SMILES string of the molecule is CCCN(Cc1cccn1C)C(=O)C(c1ccccc1)c1ccccc1. The molecule has 0 radical (unpaired) electrons. The van der Waals surface area contributed by atoms with Gasteiger partial charge in [0, 0.05) is 25.5 Å². The Labute approximate surface area is 155 Å². The van der Waals surface area contributed by atoms with E-state index in [0.29, 0.717) is 6.54 Å². The molecule has 0 aliphatic heterocycles. The van der Waals surface area contributed by atoms with Crippen molar-refractivity contribution in [2.75, 3.05) is 6.54 Å². The van der Waals surface area contributed by atoms with Crippen molar-refractivity contribution in [1.29, 1.82) is 0 Å². The van der Waals surface area contributed by atoms with E-state index in [1.165, 1.54) is 0 Å². The van der Waals surface area contributed by atoms with Gasteiger partial charge in [-0.2, -0.15) is 0 Å². The molecule has 3 nitrogen and oxygen atoms in total. The maximum absolute atomic E-state index is 13.6. The van der Waals surface area contributed by atoms with Crippen molar-refractivity contribution in [3.05, 3.63) is 95.8 Å². The van der Waals surface area contributed by atoms with Crippen LogP contribution in [0, 0.1) is 0 Å². The standard InChI is InChI=1S/C23H26N2O/c1-3-16-25(18-21-15-10-17-24(21)2)23(26)22(19-11-6-4-7-12-19)20-13-8-5-9-14-20/h4-15,17,22H,3,16,18H2,1-2H3. The summed E-state index contributed by atoms with van der Waals surface area (Å²) < 4.78 is 2.08. The molecule has 1 amide bonds. The van der Waals surface area contributed by atoms with Gasteiger partial charge in [-0.1, -0.05) is 67.6 Å². The maximum atomic E-state index is 13.6.